The second kappa shape index (κ2) is 8.66. The van der Waals surface area contributed by atoms with E-state index in [0.717, 1.165) is 5.52 Å². The fraction of sp³-hybridized carbons (Fsp3) is 0.120. The van der Waals surface area contributed by atoms with Crippen LogP contribution in [0.2, 0.25) is 0 Å². The molecule has 0 radical (unpaired) electrons. The van der Waals surface area contributed by atoms with Crippen LogP contribution < -0.4 is 10.6 Å². The summed E-state index contributed by atoms with van der Waals surface area (Å²) in [6.07, 6.45) is 2.71. The van der Waals surface area contributed by atoms with Crippen LogP contribution in [-0.4, -0.2) is 23.3 Å². The van der Waals surface area contributed by atoms with Crippen LogP contribution in [-0.2, 0) is 6.42 Å². The summed E-state index contributed by atoms with van der Waals surface area (Å²) in [5.74, 6) is -0.458. The van der Waals surface area contributed by atoms with Gasteiger partial charge in [0, 0.05) is 29.2 Å². The van der Waals surface area contributed by atoms with Crippen LogP contribution in [0.3, 0.4) is 0 Å². The van der Waals surface area contributed by atoms with Crippen LogP contribution in [0, 0.1) is 6.92 Å². The molecule has 4 aromatic rings. The highest BCUT2D eigenvalue weighted by Gasteiger charge is 2.14. The first-order chi connectivity index (χ1) is 14.6. The Balaban J connectivity index is 1.42. The van der Waals surface area contributed by atoms with Crippen molar-refractivity contribution in [2.45, 2.75) is 13.3 Å². The summed E-state index contributed by atoms with van der Waals surface area (Å²) >= 11 is 0. The molecule has 0 aliphatic carbocycles. The van der Waals surface area contributed by atoms with Gasteiger partial charge in [-0.05, 0) is 55.3 Å². The van der Waals surface area contributed by atoms with Crippen molar-refractivity contribution >= 4 is 28.4 Å². The molecule has 0 saturated heterocycles. The number of carbonyl (C=O) groups excluding carboxylic acids is 2. The van der Waals surface area contributed by atoms with Gasteiger partial charge in [-0.2, -0.15) is 0 Å². The molecule has 5 heteroatoms. The summed E-state index contributed by atoms with van der Waals surface area (Å²) < 4.78 is 0. The van der Waals surface area contributed by atoms with Crippen LogP contribution in [0.25, 0.3) is 10.9 Å². The molecule has 2 amide bonds. The molecule has 0 aliphatic heterocycles. The lowest BCUT2D eigenvalue weighted by Crippen LogP contribution is -2.27. The number of H-pyrrole nitrogens is 1. The van der Waals surface area contributed by atoms with Crippen molar-refractivity contribution in [1.82, 2.24) is 10.3 Å². The van der Waals surface area contributed by atoms with Crippen molar-refractivity contribution in [3.8, 4) is 0 Å². The van der Waals surface area contributed by atoms with Gasteiger partial charge in [-0.1, -0.05) is 42.0 Å². The number of hydrogen-bond acceptors (Lipinski definition) is 2. The van der Waals surface area contributed by atoms with Gasteiger partial charge in [0.2, 0.25) is 0 Å². The molecule has 150 valence electrons. The van der Waals surface area contributed by atoms with Gasteiger partial charge in [-0.3, -0.25) is 9.59 Å². The van der Waals surface area contributed by atoms with E-state index in [1.165, 1.54) is 16.5 Å². The minimum Gasteiger partial charge on any atom is -0.361 e. The van der Waals surface area contributed by atoms with Crippen LogP contribution in [0.15, 0.2) is 79.0 Å². The number of benzene rings is 3. The van der Waals surface area contributed by atoms with E-state index in [1.807, 2.05) is 12.3 Å². The van der Waals surface area contributed by atoms with Crippen molar-refractivity contribution in [2.24, 2.45) is 0 Å². The molecular formula is C25H23N3O2. The molecule has 0 fully saturated rings. The smallest absolute Gasteiger partial charge is 0.255 e. The van der Waals surface area contributed by atoms with Gasteiger partial charge < -0.3 is 15.6 Å². The van der Waals surface area contributed by atoms with Crippen molar-refractivity contribution in [2.75, 3.05) is 11.9 Å². The molecule has 4 rings (SSSR count). The first-order valence-electron chi connectivity index (χ1n) is 9.92. The van der Waals surface area contributed by atoms with E-state index in [4.69, 9.17) is 0 Å². The first-order valence-corrected chi connectivity index (χ1v) is 9.92. The van der Waals surface area contributed by atoms with Crippen molar-refractivity contribution in [1.29, 1.82) is 0 Å². The number of hydrogen-bond donors (Lipinski definition) is 3. The number of anilines is 1. The number of rotatable bonds is 6. The van der Waals surface area contributed by atoms with Gasteiger partial charge in [-0.25, -0.2) is 0 Å². The molecular weight excluding hydrogens is 374 g/mol. The summed E-state index contributed by atoms with van der Waals surface area (Å²) in [7, 11) is 0. The van der Waals surface area contributed by atoms with E-state index < -0.39 is 0 Å². The van der Waals surface area contributed by atoms with Crippen LogP contribution in [0.5, 0.6) is 0 Å². The Morgan fingerprint density at radius 3 is 2.50 bits per heavy atom. The Labute approximate surface area is 175 Å². The lowest BCUT2D eigenvalue weighted by atomic mass is 10.1. The van der Waals surface area contributed by atoms with Gasteiger partial charge in [0.05, 0.1) is 11.3 Å². The van der Waals surface area contributed by atoms with E-state index >= 15 is 0 Å². The predicted octanol–water partition coefficient (Wildman–Crippen LogP) is 4.70. The minimum absolute atomic E-state index is 0.213. The molecule has 3 N–H and O–H groups in total. The highest BCUT2D eigenvalue weighted by Crippen LogP contribution is 2.20. The third kappa shape index (κ3) is 4.25. The minimum atomic E-state index is -0.245. The summed E-state index contributed by atoms with van der Waals surface area (Å²) in [6.45, 7) is 2.57. The molecule has 0 aliphatic rings. The number of aryl methyl sites for hydroxylation is 1. The molecule has 1 aromatic heterocycles. The van der Waals surface area contributed by atoms with E-state index in [9.17, 15) is 9.59 Å². The van der Waals surface area contributed by atoms with Gasteiger partial charge >= 0.3 is 0 Å². The standard InChI is InChI=1S/C25H23N3O2/c1-17-11-12-22-21(15-17)19(16-27-22)13-14-26-25(30)20-9-5-6-10-23(20)28-24(29)18-7-3-2-4-8-18/h2-12,15-16,27H,13-14H2,1H3,(H,26,30)(H,28,29). The summed E-state index contributed by atoms with van der Waals surface area (Å²) in [4.78, 5) is 28.5. The monoisotopic (exact) mass is 397 g/mol. The van der Waals surface area contributed by atoms with Gasteiger partial charge in [0.1, 0.15) is 0 Å². The van der Waals surface area contributed by atoms with Crippen LogP contribution >= 0.6 is 0 Å². The Kier molecular flexibility index (Phi) is 5.61. The molecule has 0 saturated carbocycles. The molecule has 0 unspecified atom stereocenters. The number of fused-ring (bicyclic) bond motifs is 1. The quantitative estimate of drug-likeness (QED) is 0.441. The Bertz CT molecular complexity index is 1200. The maximum absolute atomic E-state index is 12.8. The third-order valence-electron chi connectivity index (χ3n) is 5.06. The van der Waals surface area contributed by atoms with E-state index in [-0.39, 0.29) is 11.8 Å². The lowest BCUT2D eigenvalue weighted by Gasteiger charge is -2.11. The lowest BCUT2D eigenvalue weighted by molar-refractivity contribution is 0.0955. The summed E-state index contributed by atoms with van der Waals surface area (Å²) in [5.41, 5.74) is 4.94. The molecule has 0 bridgehead atoms. The zero-order chi connectivity index (χ0) is 20.9. The molecule has 0 atom stereocenters. The number of carbonyl (C=O) groups is 2. The van der Waals surface area contributed by atoms with Crippen LogP contribution in [0.4, 0.5) is 5.69 Å². The molecule has 5 nitrogen and oxygen atoms in total. The summed E-state index contributed by atoms with van der Waals surface area (Å²) in [6, 6.07) is 22.3. The second-order valence-electron chi connectivity index (χ2n) is 7.23. The normalized spacial score (nSPS) is 10.7. The fourth-order valence-electron chi connectivity index (χ4n) is 3.48. The van der Waals surface area contributed by atoms with Crippen LogP contribution in [0.1, 0.15) is 31.8 Å². The predicted molar refractivity (Wildman–Crippen MR) is 120 cm³/mol. The Morgan fingerprint density at radius 1 is 0.900 bits per heavy atom. The van der Waals surface area contributed by atoms with E-state index in [0.29, 0.717) is 29.8 Å². The van der Waals surface area contributed by atoms with Crippen molar-refractivity contribution < 1.29 is 9.59 Å². The van der Waals surface area contributed by atoms with Gasteiger partial charge in [-0.15, -0.1) is 0 Å². The van der Waals surface area contributed by atoms with E-state index in [1.54, 1.807) is 48.5 Å². The Hall–Kier alpha value is -3.86. The Morgan fingerprint density at radius 2 is 1.67 bits per heavy atom. The third-order valence-corrected chi connectivity index (χ3v) is 5.06. The molecule has 30 heavy (non-hydrogen) atoms. The number of para-hydroxylation sites is 1. The highest BCUT2D eigenvalue weighted by molar-refractivity contribution is 6.09. The van der Waals surface area contributed by atoms with Crippen molar-refractivity contribution in [3.05, 3.63) is 101 Å². The maximum Gasteiger partial charge on any atom is 0.255 e. The first kappa shape index (κ1) is 19.5. The second-order valence-corrected chi connectivity index (χ2v) is 7.23. The fourth-order valence-corrected chi connectivity index (χ4v) is 3.48. The maximum atomic E-state index is 12.8. The largest absolute Gasteiger partial charge is 0.361 e. The highest BCUT2D eigenvalue weighted by atomic mass is 16.2. The summed E-state index contributed by atoms with van der Waals surface area (Å²) in [5, 5.41) is 6.98. The van der Waals surface area contributed by atoms with Crippen molar-refractivity contribution in [3.63, 3.8) is 0 Å². The molecule has 1 heterocycles. The number of aromatic amines is 1. The average molecular weight is 397 g/mol. The van der Waals surface area contributed by atoms with Gasteiger partial charge in [0.15, 0.2) is 0 Å². The zero-order valence-corrected chi connectivity index (χ0v) is 16.7. The average Bonchev–Trinajstić information content (AvgIpc) is 3.16. The zero-order valence-electron chi connectivity index (χ0n) is 16.7. The SMILES string of the molecule is Cc1ccc2[nH]cc(CCNC(=O)c3ccccc3NC(=O)c3ccccc3)c2c1. The van der Waals surface area contributed by atoms with Gasteiger partial charge in [0.25, 0.3) is 11.8 Å². The topological polar surface area (TPSA) is 74.0 Å². The van der Waals surface area contributed by atoms with E-state index in [2.05, 4.69) is 40.7 Å². The number of nitrogens with one attached hydrogen (secondary N) is 3. The number of aromatic nitrogens is 1. The molecule has 3 aromatic carbocycles. The number of amides is 2. The molecule has 0 spiro atoms.